The van der Waals surface area contributed by atoms with Gasteiger partial charge in [0, 0.05) is 10.7 Å². The number of aliphatic hydroxyl groups excluding tert-OH is 1. The van der Waals surface area contributed by atoms with Gasteiger partial charge in [-0.05, 0) is 31.2 Å². The number of alkyl halides is 3. The molecule has 0 saturated carbocycles. The van der Waals surface area contributed by atoms with Crippen molar-refractivity contribution in [2.24, 2.45) is 0 Å². The van der Waals surface area contributed by atoms with Gasteiger partial charge in [0.2, 0.25) is 0 Å². The van der Waals surface area contributed by atoms with Crippen LogP contribution in [0.1, 0.15) is 6.92 Å². The van der Waals surface area contributed by atoms with Crippen molar-refractivity contribution in [1.82, 2.24) is 0 Å². The van der Waals surface area contributed by atoms with Gasteiger partial charge in [0.25, 0.3) is 0 Å². The molecule has 0 fully saturated rings. The van der Waals surface area contributed by atoms with Crippen molar-refractivity contribution in [3.63, 3.8) is 0 Å². The van der Waals surface area contributed by atoms with Crippen LogP contribution in [0, 0.1) is 0 Å². The number of nitrogens with one attached hydrogen (secondary N) is 1. The van der Waals surface area contributed by atoms with Gasteiger partial charge in [-0.1, -0.05) is 11.6 Å². The number of anilines is 1. The van der Waals surface area contributed by atoms with Crippen molar-refractivity contribution >= 4 is 17.3 Å². The number of rotatable bonds is 3. The standard InChI is InChI=1S/C10H11ClF3NO/c1-9(6-16,10(12,13)14)15-8-4-2-7(11)3-5-8/h2-5,15-16H,6H2,1H3. The van der Waals surface area contributed by atoms with Crippen LogP contribution in [0.5, 0.6) is 0 Å². The van der Waals surface area contributed by atoms with Gasteiger partial charge < -0.3 is 10.4 Å². The molecule has 1 aromatic carbocycles. The van der Waals surface area contributed by atoms with Crippen LogP contribution in [0.3, 0.4) is 0 Å². The number of benzene rings is 1. The van der Waals surface area contributed by atoms with E-state index in [9.17, 15) is 13.2 Å². The van der Waals surface area contributed by atoms with Crippen molar-refractivity contribution < 1.29 is 18.3 Å². The molecule has 6 heteroatoms. The Hall–Kier alpha value is -0.940. The van der Waals surface area contributed by atoms with E-state index in [1.54, 1.807) is 0 Å². The molecular formula is C10H11ClF3NO. The first-order chi connectivity index (χ1) is 7.28. The average Bonchev–Trinajstić information content (AvgIpc) is 2.19. The lowest BCUT2D eigenvalue weighted by atomic mass is 10.0. The Morgan fingerprint density at radius 3 is 2.12 bits per heavy atom. The first kappa shape index (κ1) is 13.1. The summed E-state index contributed by atoms with van der Waals surface area (Å²) in [6, 6.07) is 5.78. The monoisotopic (exact) mass is 253 g/mol. The summed E-state index contributed by atoms with van der Waals surface area (Å²) < 4.78 is 37.9. The summed E-state index contributed by atoms with van der Waals surface area (Å²) in [5.41, 5.74) is -2.11. The van der Waals surface area contributed by atoms with Crippen molar-refractivity contribution in [3.8, 4) is 0 Å². The Kier molecular flexibility index (Phi) is 3.70. The Bertz CT molecular complexity index is 352. The number of hydrogen-bond donors (Lipinski definition) is 2. The molecule has 0 aliphatic heterocycles. The highest BCUT2D eigenvalue weighted by Gasteiger charge is 2.50. The van der Waals surface area contributed by atoms with E-state index < -0.39 is 18.3 Å². The van der Waals surface area contributed by atoms with E-state index in [2.05, 4.69) is 5.32 Å². The van der Waals surface area contributed by atoms with Crippen LogP contribution in [0.4, 0.5) is 18.9 Å². The molecule has 0 heterocycles. The van der Waals surface area contributed by atoms with E-state index in [0.29, 0.717) is 5.02 Å². The molecule has 0 aliphatic carbocycles. The molecule has 2 nitrogen and oxygen atoms in total. The Labute approximate surface area is 96.0 Å². The molecule has 0 radical (unpaired) electrons. The minimum atomic E-state index is -4.54. The Morgan fingerprint density at radius 2 is 1.75 bits per heavy atom. The molecule has 1 atom stereocenters. The summed E-state index contributed by atoms with van der Waals surface area (Å²) in [6.07, 6.45) is -4.54. The fourth-order valence-electron chi connectivity index (χ4n) is 1.05. The predicted molar refractivity (Wildman–Crippen MR) is 56.6 cm³/mol. The van der Waals surface area contributed by atoms with Crippen molar-refractivity contribution in [3.05, 3.63) is 29.3 Å². The molecule has 1 unspecified atom stereocenters. The van der Waals surface area contributed by atoms with E-state index in [1.165, 1.54) is 24.3 Å². The van der Waals surface area contributed by atoms with Crippen LogP contribution in [-0.2, 0) is 0 Å². The Morgan fingerprint density at radius 1 is 1.25 bits per heavy atom. The smallest absolute Gasteiger partial charge is 0.394 e. The molecule has 1 aromatic rings. The summed E-state index contributed by atoms with van der Waals surface area (Å²) in [4.78, 5) is 0. The van der Waals surface area contributed by atoms with Gasteiger partial charge in [0.05, 0.1) is 6.61 Å². The molecule has 16 heavy (non-hydrogen) atoms. The largest absolute Gasteiger partial charge is 0.413 e. The van der Waals surface area contributed by atoms with Crippen LogP contribution in [-0.4, -0.2) is 23.4 Å². The lowest BCUT2D eigenvalue weighted by Crippen LogP contribution is -2.52. The predicted octanol–water partition coefficient (Wildman–Crippen LogP) is 3.07. The fraction of sp³-hybridized carbons (Fsp3) is 0.400. The van der Waals surface area contributed by atoms with Gasteiger partial charge in [0.1, 0.15) is 0 Å². The lowest BCUT2D eigenvalue weighted by Gasteiger charge is -2.32. The van der Waals surface area contributed by atoms with Crippen molar-refractivity contribution in [1.29, 1.82) is 0 Å². The maximum Gasteiger partial charge on any atom is 0.413 e. The SMILES string of the molecule is CC(CO)(Nc1ccc(Cl)cc1)C(F)(F)F. The van der Waals surface area contributed by atoms with Crippen molar-refractivity contribution in [2.45, 2.75) is 18.6 Å². The van der Waals surface area contributed by atoms with Gasteiger partial charge >= 0.3 is 6.18 Å². The molecule has 90 valence electrons. The number of aliphatic hydroxyl groups is 1. The van der Waals surface area contributed by atoms with Gasteiger partial charge in [-0.25, -0.2) is 0 Å². The second-order valence-corrected chi connectivity index (χ2v) is 4.06. The molecule has 0 amide bonds. The van der Waals surface area contributed by atoms with E-state index in [4.69, 9.17) is 16.7 Å². The summed E-state index contributed by atoms with van der Waals surface area (Å²) >= 11 is 5.61. The molecule has 0 aromatic heterocycles. The third-order valence-electron chi connectivity index (χ3n) is 2.21. The van der Waals surface area contributed by atoms with Crippen LogP contribution in [0.2, 0.25) is 5.02 Å². The maximum absolute atomic E-state index is 12.6. The van der Waals surface area contributed by atoms with Crippen LogP contribution < -0.4 is 5.32 Å². The molecule has 0 saturated heterocycles. The summed E-state index contributed by atoms with van der Waals surface area (Å²) in [6.45, 7) is -0.152. The van der Waals surface area contributed by atoms with Gasteiger partial charge in [-0.15, -0.1) is 0 Å². The van der Waals surface area contributed by atoms with E-state index >= 15 is 0 Å². The zero-order valence-electron chi connectivity index (χ0n) is 8.48. The quantitative estimate of drug-likeness (QED) is 0.868. The van der Waals surface area contributed by atoms with Crippen LogP contribution in [0.25, 0.3) is 0 Å². The molecule has 0 spiro atoms. The van der Waals surface area contributed by atoms with E-state index in [0.717, 1.165) is 6.92 Å². The number of hydrogen-bond acceptors (Lipinski definition) is 2. The summed E-state index contributed by atoms with van der Waals surface area (Å²) in [7, 11) is 0. The van der Waals surface area contributed by atoms with E-state index in [-0.39, 0.29) is 5.69 Å². The second-order valence-electron chi connectivity index (χ2n) is 3.62. The highest BCUT2D eigenvalue weighted by atomic mass is 35.5. The normalized spacial score (nSPS) is 15.6. The lowest BCUT2D eigenvalue weighted by molar-refractivity contribution is -0.182. The van der Waals surface area contributed by atoms with E-state index in [1.807, 2.05) is 0 Å². The van der Waals surface area contributed by atoms with Gasteiger partial charge in [-0.3, -0.25) is 0 Å². The molecular weight excluding hydrogens is 243 g/mol. The topological polar surface area (TPSA) is 32.3 Å². The average molecular weight is 254 g/mol. The third-order valence-corrected chi connectivity index (χ3v) is 2.46. The molecule has 1 rings (SSSR count). The zero-order valence-corrected chi connectivity index (χ0v) is 9.23. The van der Waals surface area contributed by atoms with Crippen LogP contribution in [0.15, 0.2) is 24.3 Å². The first-order valence-corrected chi connectivity index (χ1v) is 4.88. The zero-order chi connectivity index (χ0) is 12.4. The minimum Gasteiger partial charge on any atom is -0.394 e. The molecule has 0 aliphatic rings. The second kappa shape index (κ2) is 4.51. The van der Waals surface area contributed by atoms with Crippen LogP contribution >= 0.6 is 11.6 Å². The van der Waals surface area contributed by atoms with Gasteiger partial charge in [0.15, 0.2) is 5.54 Å². The third kappa shape index (κ3) is 2.80. The number of halogens is 4. The highest BCUT2D eigenvalue weighted by molar-refractivity contribution is 6.30. The Balaban J connectivity index is 2.89. The first-order valence-electron chi connectivity index (χ1n) is 4.50. The summed E-state index contributed by atoms with van der Waals surface area (Å²) in [5.74, 6) is 0. The molecule has 0 bridgehead atoms. The fourth-order valence-corrected chi connectivity index (χ4v) is 1.18. The maximum atomic E-state index is 12.6. The molecule has 2 N–H and O–H groups in total. The summed E-state index contributed by atoms with van der Waals surface area (Å²) in [5, 5.41) is 11.5. The van der Waals surface area contributed by atoms with Crippen molar-refractivity contribution in [2.75, 3.05) is 11.9 Å². The highest BCUT2D eigenvalue weighted by Crippen LogP contribution is 2.33. The minimum absolute atomic E-state index is 0.248. The van der Waals surface area contributed by atoms with Gasteiger partial charge in [-0.2, -0.15) is 13.2 Å².